The molecule has 180 valence electrons. The van der Waals surface area contributed by atoms with Crippen molar-refractivity contribution in [1.82, 2.24) is 4.90 Å². The van der Waals surface area contributed by atoms with Crippen LogP contribution in [0.2, 0.25) is 0 Å². The molecule has 0 saturated heterocycles. The first kappa shape index (κ1) is 25.2. The summed E-state index contributed by atoms with van der Waals surface area (Å²) in [5.41, 5.74) is 2.11. The van der Waals surface area contributed by atoms with Crippen molar-refractivity contribution in [2.45, 2.75) is 51.4 Å². The molecule has 0 saturated carbocycles. The van der Waals surface area contributed by atoms with Crippen LogP contribution in [0.15, 0.2) is 53.5 Å². The van der Waals surface area contributed by atoms with Crippen LogP contribution in [-0.2, 0) is 11.3 Å². The fraction of sp³-hybridized carbons (Fsp3) is 0.385. The molecule has 0 spiro atoms. The van der Waals surface area contributed by atoms with Gasteiger partial charge in [-0.3, -0.25) is 9.79 Å². The van der Waals surface area contributed by atoms with Gasteiger partial charge < -0.3 is 14.7 Å². The summed E-state index contributed by atoms with van der Waals surface area (Å²) in [5, 5.41) is 8.72. The van der Waals surface area contributed by atoms with Gasteiger partial charge in [0.05, 0.1) is 13.2 Å². The number of amidine groups is 1. The average molecular weight is 473 g/mol. The summed E-state index contributed by atoms with van der Waals surface area (Å²) in [6, 6.07) is 14.5. The van der Waals surface area contributed by atoms with Gasteiger partial charge in [-0.25, -0.2) is 0 Å². The first-order valence-electron chi connectivity index (χ1n) is 11.2. The molecule has 1 atom stereocenters. The van der Waals surface area contributed by atoms with E-state index in [4.69, 9.17) is 9.84 Å². The van der Waals surface area contributed by atoms with E-state index in [9.17, 15) is 18.0 Å². The second-order valence-electron chi connectivity index (χ2n) is 8.13. The number of rotatable bonds is 10. The van der Waals surface area contributed by atoms with Crippen LogP contribution in [-0.4, -0.2) is 47.2 Å². The zero-order valence-electron chi connectivity index (χ0n) is 18.9. The number of halogens is 3. The number of benzene rings is 2. The number of nitrogens with zero attached hydrogens (tertiary/aromatic N) is 2. The van der Waals surface area contributed by atoms with Crippen molar-refractivity contribution in [1.29, 1.82) is 0 Å². The summed E-state index contributed by atoms with van der Waals surface area (Å²) in [6.07, 6.45) is -2.16. The lowest BCUT2D eigenvalue weighted by Crippen LogP contribution is -2.34. The summed E-state index contributed by atoms with van der Waals surface area (Å²) in [4.78, 5) is 17.4. The lowest BCUT2D eigenvalue weighted by atomic mass is 10.1. The standard InChI is InChI=1S/C26H27F3N2O3/c1-19-17-30-25(21-12-10-20(11-13-21)14-15-26(27,28)29)31(19)18-22-7-4-5-8-23(22)34-16-6-2-3-9-24(32)33/h4-5,7-8,10-13,19H,2-3,6,9,16-18H2,1H3,(H,32,33). The van der Waals surface area contributed by atoms with Crippen molar-refractivity contribution in [3.8, 4) is 17.6 Å². The number of hydrogen-bond acceptors (Lipinski definition) is 4. The van der Waals surface area contributed by atoms with Gasteiger partial charge in [0.15, 0.2) is 0 Å². The fourth-order valence-electron chi connectivity index (χ4n) is 3.65. The second-order valence-corrected chi connectivity index (χ2v) is 8.13. The van der Waals surface area contributed by atoms with E-state index in [0.717, 1.165) is 35.6 Å². The third-order valence-corrected chi connectivity index (χ3v) is 5.41. The summed E-state index contributed by atoms with van der Waals surface area (Å²) in [7, 11) is 0. The normalized spacial score (nSPS) is 15.5. The number of hydrogen-bond donors (Lipinski definition) is 1. The summed E-state index contributed by atoms with van der Waals surface area (Å²) in [5.74, 6) is 4.19. The second kappa shape index (κ2) is 11.6. The van der Waals surface area contributed by atoms with Crippen molar-refractivity contribution in [2.75, 3.05) is 13.2 Å². The molecule has 5 nitrogen and oxygen atoms in total. The van der Waals surface area contributed by atoms with Crippen LogP contribution in [0, 0.1) is 11.8 Å². The van der Waals surface area contributed by atoms with E-state index in [1.54, 1.807) is 24.3 Å². The Balaban J connectivity index is 1.65. The van der Waals surface area contributed by atoms with Crippen molar-refractivity contribution in [3.05, 3.63) is 65.2 Å². The van der Waals surface area contributed by atoms with Gasteiger partial charge in [-0.05, 0) is 44.4 Å². The highest BCUT2D eigenvalue weighted by atomic mass is 19.4. The molecule has 34 heavy (non-hydrogen) atoms. The molecule has 2 aromatic carbocycles. The van der Waals surface area contributed by atoms with E-state index >= 15 is 0 Å². The highest BCUT2D eigenvalue weighted by molar-refractivity contribution is 6.00. The van der Waals surface area contributed by atoms with Gasteiger partial charge in [0.25, 0.3) is 0 Å². The molecule has 0 aromatic heterocycles. The molecule has 0 amide bonds. The number of alkyl halides is 3. The highest BCUT2D eigenvalue weighted by Gasteiger charge is 2.26. The SMILES string of the molecule is CC1CN=C(c2ccc(C#CC(F)(F)F)cc2)N1Cc1ccccc1OCCCCCC(=O)O. The van der Waals surface area contributed by atoms with Gasteiger partial charge in [-0.2, -0.15) is 13.2 Å². The average Bonchev–Trinajstić information content (AvgIpc) is 3.15. The number of unbranched alkanes of at least 4 members (excludes halogenated alkanes) is 2. The molecule has 1 unspecified atom stereocenters. The van der Waals surface area contributed by atoms with E-state index < -0.39 is 12.1 Å². The van der Waals surface area contributed by atoms with Crippen molar-refractivity contribution in [3.63, 3.8) is 0 Å². The number of para-hydroxylation sites is 1. The first-order chi connectivity index (χ1) is 16.2. The molecule has 1 N–H and O–H groups in total. The van der Waals surface area contributed by atoms with Gasteiger partial charge in [-0.15, -0.1) is 0 Å². The lowest BCUT2D eigenvalue weighted by Gasteiger charge is -2.27. The van der Waals surface area contributed by atoms with Crippen LogP contribution in [0.4, 0.5) is 13.2 Å². The third-order valence-electron chi connectivity index (χ3n) is 5.41. The van der Waals surface area contributed by atoms with E-state index in [-0.39, 0.29) is 12.5 Å². The van der Waals surface area contributed by atoms with E-state index in [1.165, 1.54) is 5.92 Å². The van der Waals surface area contributed by atoms with Crippen LogP contribution < -0.4 is 4.74 Å². The Morgan fingerprint density at radius 3 is 2.59 bits per heavy atom. The number of carbonyl (C=O) groups is 1. The maximum absolute atomic E-state index is 12.3. The quantitative estimate of drug-likeness (QED) is 0.378. The van der Waals surface area contributed by atoms with E-state index in [1.807, 2.05) is 24.3 Å². The maximum atomic E-state index is 12.3. The van der Waals surface area contributed by atoms with E-state index in [2.05, 4.69) is 22.7 Å². The minimum absolute atomic E-state index is 0.156. The molecule has 1 aliphatic rings. The minimum atomic E-state index is -4.52. The Morgan fingerprint density at radius 2 is 1.88 bits per heavy atom. The first-order valence-corrected chi connectivity index (χ1v) is 11.2. The third kappa shape index (κ3) is 7.55. The number of carboxylic acid groups (broad SMARTS) is 1. The number of aliphatic carboxylic acids is 1. The Labute approximate surface area is 197 Å². The molecule has 0 fully saturated rings. The Hall–Kier alpha value is -3.47. The Bertz CT molecular complexity index is 1070. The summed E-state index contributed by atoms with van der Waals surface area (Å²) < 4.78 is 43.0. The topological polar surface area (TPSA) is 62.1 Å². The lowest BCUT2D eigenvalue weighted by molar-refractivity contribution is -0.137. The molecule has 1 heterocycles. The van der Waals surface area contributed by atoms with Crippen LogP contribution in [0.3, 0.4) is 0 Å². The molecule has 8 heteroatoms. The fourth-order valence-corrected chi connectivity index (χ4v) is 3.65. The van der Waals surface area contributed by atoms with Crippen molar-refractivity contribution in [2.24, 2.45) is 4.99 Å². The Morgan fingerprint density at radius 1 is 1.15 bits per heavy atom. The van der Waals surface area contributed by atoms with Crippen molar-refractivity contribution < 1.29 is 27.8 Å². The van der Waals surface area contributed by atoms with Gasteiger partial charge in [-0.1, -0.05) is 36.3 Å². The Kier molecular flexibility index (Phi) is 8.58. The zero-order valence-corrected chi connectivity index (χ0v) is 18.9. The summed E-state index contributed by atoms with van der Waals surface area (Å²) in [6.45, 7) is 3.78. The van der Waals surface area contributed by atoms with Crippen molar-refractivity contribution >= 4 is 11.8 Å². The van der Waals surface area contributed by atoms with Crippen LogP contribution in [0.1, 0.15) is 49.3 Å². The molecular formula is C26H27F3N2O3. The van der Waals surface area contributed by atoms with Crippen LogP contribution >= 0.6 is 0 Å². The summed E-state index contributed by atoms with van der Waals surface area (Å²) >= 11 is 0. The smallest absolute Gasteiger partial charge is 0.458 e. The number of ether oxygens (including phenoxy) is 1. The van der Waals surface area contributed by atoms with Gasteiger partial charge in [0.1, 0.15) is 11.6 Å². The molecule has 0 bridgehead atoms. The largest absolute Gasteiger partial charge is 0.493 e. The molecule has 0 aliphatic carbocycles. The maximum Gasteiger partial charge on any atom is 0.458 e. The van der Waals surface area contributed by atoms with Crippen LogP contribution in [0.5, 0.6) is 5.75 Å². The van der Waals surface area contributed by atoms with Gasteiger partial charge >= 0.3 is 12.1 Å². The molecule has 1 aliphatic heterocycles. The zero-order chi connectivity index (χ0) is 24.6. The van der Waals surface area contributed by atoms with Gasteiger partial charge in [0, 0.05) is 41.6 Å². The number of carboxylic acids is 1. The molecule has 3 rings (SSSR count). The molecule has 0 radical (unpaired) electrons. The van der Waals surface area contributed by atoms with E-state index in [0.29, 0.717) is 31.7 Å². The number of aliphatic imine (C=N–C) groups is 1. The minimum Gasteiger partial charge on any atom is -0.493 e. The monoisotopic (exact) mass is 472 g/mol. The van der Waals surface area contributed by atoms with Gasteiger partial charge in [0.2, 0.25) is 0 Å². The van der Waals surface area contributed by atoms with Crippen LogP contribution in [0.25, 0.3) is 0 Å². The molecule has 2 aromatic rings. The predicted molar refractivity (Wildman–Crippen MR) is 124 cm³/mol. The predicted octanol–water partition coefficient (Wildman–Crippen LogP) is 5.28. The molecular weight excluding hydrogens is 445 g/mol. The highest BCUT2D eigenvalue weighted by Crippen LogP contribution is 2.25.